The van der Waals surface area contributed by atoms with Gasteiger partial charge in [0.15, 0.2) is 5.43 Å². The van der Waals surface area contributed by atoms with E-state index < -0.39 is 0 Å². The van der Waals surface area contributed by atoms with Crippen LogP contribution in [0.4, 0.5) is 0 Å². The zero-order chi connectivity index (χ0) is 18.9. The second-order valence-electron chi connectivity index (χ2n) is 9.77. The van der Waals surface area contributed by atoms with E-state index in [0.29, 0.717) is 21.9 Å². The van der Waals surface area contributed by atoms with Gasteiger partial charge < -0.3 is 4.98 Å². The first-order valence-electron chi connectivity index (χ1n) is 9.63. The Balaban J connectivity index is 1.73. The van der Waals surface area contributed by atoms with E-state index in [1.54, 1.807) is 0 Å². The molecule has 1 aliphatic carbocycles. The highest BCUT2D eigenvalue weighted by molar-refractivity contribution is 6.32. The third kappa shape index (κ3) is 2.90. The van der Waals surface area contributed by atoms with Crippen LogP contribution >= 0.6 is 11.6 Å². The van der Waals surface area contributed by atoms with Gasteiger partial charge in [0.1, 0.15) is 0 Å². The van der Waals surface area contributed by atoms with Gasteiger partial charge in [-0.25, -0.2) is 0 Å². The van der Waals surface area contributed by atoms with Crippen LogP contribution < -0.4 is 5.43 Å². The topological polar surface area (TPSA) is 36.1 Å². The third-order valence-electron chi connectivity index (χ3n) is 6.57. The van der Waals surface area contributed by atoms with Gasteiger partial charge in [-0.3, -0.25) is 9.69 Å². The lowest BCUT2D eigenvalue weighted by molar-refractivity contribution is 0.126. The monoisotopic (exact) mass is 372 g/mol. The molecule has 2 fully saturated rings. The molecular weight excluding hydrogens is 344 g/mol. The van der Waals surface area contributed by atoms with Gasteiger partial charge >= 0.3 is 0 Å². The van der Waals surface area contributed by atoms with Gasteiger partial charge in [-0.05, 0) is 61.6 Å². The van der Waals surface area contributed by atoms with E-state index in [0.717, 1.165) is 40.8 Å². The average Bonchev–Trinajstić information content (AvgIpc) is 2.76. The van der Waals surface area contributed by atoms with Crippen LogP contribution in [0.3, 0.4) is 0 Å². The molecule has 2 bridgehead atoms. The Hall–Kier alpha value is -1.32. The highest BCUT2D eigenvalue weighted by atomic mass is 35.5. The zero-order valence-electron chi connectivity index (χ0n) is 16.5. The molecular formula is C22H29ClN2O. The molecule has 4 rings (SSSR count). The second kappa shape index (κ2) is 5.84. The molecule has 0 spiro atoms. The van der Waals surface area contributed by atoms with Crippen LogP contribution in [0.15, 0.2) is 16.9 Å². The number of pyridine rings is 1. The third-order valence-corrected chi connectivity index (χ3v) is 6.98. The summed E-state index contributed by atoms with van der Waals surface area (Å²) in [5.41, 5.74) is 4.63. The van der Waals surface area contributed by atoms with Crippen molar-refractivity contribution in [3.05, 3.63) is 44.2 Å². The maximum absolute atomic E-state index is 13.2. The van der Waals surface area contributed by atoms with Crippen LogP contribution in [0, 0.1) is 24.7 Å². The van der Waals surface area contributed by atoms with E-state index in [-0.39, 0.29) is 5.43 Å². The fourth-order valence-electron chi connectivity index (χ4n) is 5.79. The van der Waals surface area contributed by atoms with Crippen LogP contribution in [0.25, 0.3) is 10.9 Å². The maximum Gasteiger partial charge on any atom is 0.194 e. The first kappa shape index (κ1) is 18.1. The standard InChI is InChI=1S/C22H29ClN2O/c1-13-18(23)7-6-16-19(13)24-14(2)17(20(16)26)10-25-12-22(5)9-15(25)8-21(3,4)11-22/h6-7,15H,8-12H2,1-5H3,(H,24,26)/t15-,22-/m0/s1. The number of nitrogens with zero attached hydrogens (tertiary/aromatic N) is 1. The number of H-pyrrole nitrogens is 1. The first-order valence-corrected chi connectivity index (χ1v) is 10.0. The van der Waals surface area contributed by atoms with Gasteiger partial charge in [0.05, 0.1) is 5.52 Å². The maximum atomic E-state index is 13.2. The highest BCUT2D eigenvalue weighted by Gasteiger charge is 2.49. The summed E-state index contributed by atoms with van der Waals surface area (Å²) in [6.45, 7) is 13.0. The summed E-state index contributed by atoms with van der Waals surface area (Å²) in [5.74, 6) is 0. The van der Waals surface area contributed by atoms with Crippen molar-refractivity contribution >= 4 is 22.5 Å². The summed E-state index contributed by atoms with van der Waals surface area (Å²) in [4.78, 5) is 19.2. The molecule has 2 aliphatic rings. The number of likely N-dealkylation sites (tertiary alicyclic amines) is 1. The van der Waals surface area contributed by atoms with Gasteiger partial charge in [0, 0.05) is 40.8 Å². The highest BCUT2D eigenvalue weighted by Crippen LogP contribution is 2.52. The summed E-state index contributed by atoms with van der Waals surface area (Å²) < 4.78 is 0. The number of rotatable bonds is 2. The number of hydrogen-bond acceptors (Lipinski definition) is 2. The molecule has 0 radical (unpaired) electrons. The molecule has 2 heterocycles. The number of aromatic nitrogens is 1. The Morgan fingerprint density at radius 1 is 1.23 bits per heavy atom. The Kier molecular flexibility index (Phi) is 4.06. The summed E-state index contributed by atoms with van der Waals surface area (Å²) >= 11 is 6.24. The molecule has 1 N–H and O–H groups in total. The molecule has 0 amide bonds. The molecule has 140 valence electrons. The molecule has 2 atom stereocenters. The normalized spacial score (nSPS) is 28.0. The van der Waals surface area contributed by atoms with Gasteiger partial charge in [-0.2, -0.15) is 0 Å². The fraction of sp³-hybridized carbons (Fsp3) is 0.591. The lowest BCUT2D eigenvalue weighted by atomic mass is 9.65. The van der Waals surface area contributed by atoms with Crippen LogP contribution in [-0.4, -0.2) is 22.5 Å². The van der Waals surface area contributed by atoms with E-state index in [4.69, 9.17) is 11.6 Å². The van der Waals surface area contributed by atoms with Crippen molar-refractivity contribution in [2.75, 3.05) is 6.54 Å². The summed E-state index contributed by atoms with van der Waals surface area (Å²) in [6, 6.07) is 4.28. The molecule has 4 heteroatoms. The van der Waals surface area contributed by atoms with Crippen LogP contribution in [0.1, 0.15) is 56.9 Å². The zero-order valence-corrected chi connectivity index (χ0v) is 17.3. The van der Waals surface area contributed by atoms with Gasteiger partial charge in [-0.15, -0.1) is 0 Å². The van der Waals surface area contributed by atoms with Crippen molar-refractivity contribution in [2.24, 2.45) is 10.8 Å². The minimum Gasteiger partial charge on any atom is -0.358 e. The van der Waals surface area contributed by atoms with E-state index in [2.05, 4.69) is 30.7 Å². The molecule has 1 aromatic carbocycles. The van der Waals surface area contributed by atoms with Crippen LogP contribution in [0.2, 0.25) is 5.02 Å². The SMILES string of the molecule is Cc1[nH]c2c(C)c(Cl)ccc2c(=O)c1CN1C[C@@]2(C)C[C@@H]1CC(C)(C)C2. The predicted octanol–water partition coefficient (Wildman–Crippen LogP) is 5.20. The quantitative estimate of drug-likeness (QED) is 0.786. The number of halogens is 1. The smallest absolute Gasteiger partial charge is 0.194 e. The molecule has 3 nitrogen and oxygen atoms in total. The molecule has 1 aliphatic heterocycles. The van der Waals surface area contributed by atoms with Gasteiger partial charge in [0.2, 0.25) is 0 Å². The van der Waals surface area contributed by atoms with Crippen molar-refractivity contribution in [2.45, 2.75) is 66.5 Å². The Morgan fingerprint density at radius 2 is 1.96 bits per heavy atom. The molecule has 0 unspecified atom stereocenters. The van der Waals surface area contributed by atoms with Crippen molar-refractivity contribution in [3.8, 4) is 0 Å². The molecule has 1 saturated carbocycles. The summed E-state index contributed by atoms with van der Waals surface area (Å²) in [7, 11) is 0. The van der Waals surface area contributed by atoms with E-state index in [9.17, 15) is 4.79 Å². The van der Waals surface area contributed by atoms with Crippen molar-refractivity contribution in [1.82, 2.24) is 9.88 Å². The average molecular weight is 373 g/mol. The number of fused-ring (bicyclic) bond motifs is 3. The number of hydrogen-bond donors (Lipinski definition) is 1. The molecule has 2 aromatic rings. The largest absolute Gasteiger partial charge is 0.358 e. The number of aromatic amines is 1. The van der Waals surface area contributed by atoms with Crippen LogP contribution in [0.5, 0.6) is 0 Å². The van der Waals surface area contributed by atoms with Crippen molar-refractivity contribution in [1.29, 1.82) is 0 Å². The molecule has 1 aromatic heterocycles. The van der Waals surface area contributed by atoms with Crippen LogP contribution in [-0.2, 0) is 6.54 Å². The van der Waals surface area contributed by atoms with E-state index >= 15 is 0 Å². The lowest BCUT2D eigenvalue weighted by Gasteiger charge is -2.40. The van der Waals surface area contributed by atoms with Crippen molar-refractivity contribution < 1.29 is 0 Å². The second-order valence-corrected chi connectivity index (χ2v) is 10.2. The minimum absolute atomic E-state index is 0.155. The molecule has 1 saturated heterocycles. The Morgan fingerprint density at radius 3 is 2.69 bits per heavy atom. The van der Waals surface area contributed by atoms with E-state index in [1.807, 2.05) is 26.0 Å². The Bertz CT molecular complexity index is 945. The summed E-state index contributed by atoms with van der Waals surface area (Å²) in [5, 5.41) is 1.45. The van der Waals surface area contributed by atoms with E-state index in [1.165, 1.54) is 19.3 Å². The summed E-state index contributed by atoms with van der Waals surface area (Å²) in [6.07, 6.45) is 3.76. The number of nitrogens with one attached hydrogen (secondary N) is 1. The minimum atomic E-state index is 0.155. The lowest BCUT2D eigenvalue weighted by Crippen LogP contribution is -2.35. The first-order chi connectivity index (χ1) is 12.1. The predicted molar refractivity (Wildman–Crippen MR) is 109 cm³/mol. The Labute approximate surface area is 160 Å². The van der Waals surface area contributed by atoms with Gasteiger partial charge in [0.25, 0.3) is 0 Å². The molecule has 26 heavy (non-hydrogen) atoms. The number of aryl methyl sites for hydroxylation is 2. The van der Waals surface area contributed by atoms with Gasteiger partial charge in [-0.1, -0.05) is 32.4 Å². The van der Waals surface area contributed by atoms with Crippen molar-refractivity contribution in [3.63, 3.8) is 0 Å². The fourth-order valence-corrected chi connectivity index (χ4v) is 5.94. The number of benzene rings is 1.